The van der Waals surface area contributed by atoms with E-state index in [-0.39, 0.29) is 0 Å². The van der Waals surface area contributed by atoms with Crippen molar-refractivity contribution in [3.8, 4) is 0 Å². The highest BCUT2D eigenvalue weighted by atomic mass is 35.5. The van der Waals surface area contributed by atoms with Crippen LogP contribution in [-0.2, 0) is 0 Å². The summed E-state index contributed by atoms with van der Waals surface area (Å²) in [7, 11) is 0. The number of aliphatic hydroxyl groups excluding tert-OH is 1. The molecule has 2 nitrogen and oxygen atoms in total. The Morgan fingerprint density at radius 1 is 1.46 bits per heavy atom. The summed E-state index contributed by atoms with van der Waals surface area (Å²) in [5.41, 5.74) is 0. The molecule has 0 fully saturated rings. The number of nitrogens with one attached hydrogen (secondary N) is 1. The van der Waals surface area contributed by atoms with E-state index in [4.69, 9.17) is 16.7 Å². The second-order valence-electron chi connectivity index (χ2n) is 3.26. The SMILES string of the molecule is CC(CO)CCCNC/C=C/CCl. The van der Waals surface area contributed by atoms with Crippen molar-refractivity contribution in [2.45, 2.75) is 19.8 Å². The van der Waals surface area contributed by atoms with Crippen LogP contribution in [0.2, 0.25) is 0 Å². The van der Waals surface area contributed by atoms with Crippen LogP contribution in [-0.4, -0.2) is 30.7 Å². The zero-order chi connectivity index (χ0) is 9.94. The van der Waals surface area contributed by atoms with Gasteiger partial charge in [0.1, 0.15) is 0 Å². The molecule has 1 atom stereocenters. The van der Waals surface area contributed by atoms with Crippen LogP contribution in [0.25, 0.3) is 0 Å². The quantitative estimate of drug-likeness (QED) is 0.360. The van der Waals surface area contributed by atoms with Gasteiger partial charge in [-0.3, -0.25) is 0 Å². The molecule has 13 heavy (non-hydrogen) atoms. The first-order chi connectivity index (χ1) is 6.31. The Hall–Kier alpha value is -0.0500. The summed E-state index contributed by atoms with van der Waals surface area (Å²) in [5, 5.41) is 12.0. The number of aliphatic hydroxyl groups is 1. The third kappa shape index (κ3) is 9.87. The second-order valence-corrected chi connectivity index (χ2v) is 3.57. The summed E-state index contributed by atoms with van der Waals surface area (Å²) in [4.78, 5) is 0. The number of halogens is 1. The Bertz CT molecular complexity index is 128. The van der Waals surface area contributed by atoms with E-state index in [1.807, 2.05) is 12.2 Å². The maximum atomic E-state index is 8.76. The Balaban J connectivity index is 3.03. The molecule has 2 N–H and O–H groups in total. The highest BCUT2D eigenvalue weighted by Gasteiger charge is 1.97. The van der Waals surface area contributed by atoms with Crippen molar-refractivity contribution in [2.24, 2.45) is 5.92 Å². The molecular weight excluding hydrogens is 186 g/mol. The van der Waals surface area contributed by atoms with Crippen LogP contribution in [0.15, 0.2) is 12.2 Å². The van der Waals surface area contributed by atoms with Gasteiger partial charge in [-0.2, -0.15) is 0 Å². The minimum absolute atomic E-state index is 0.298. The van der Waals surface area contributed by atoms with Crippen LogP contribution in [0.1, 0.15) is 19.8 Å². The fourth-order valence-corrected chi connectivity index (χ4v) is 1.12. The smallest absolute Gasteiger partial charge is 0.0456 e. The molecule has 78 valence electrons. The van der Waals surface area contributed by atoms with Gasteiger partial charge in [-0.05, 0) is 25.3 Å². The molecule has 0 radical (unpaired) electrons. The molecule has 3 heteroatoms. The molecule has 0 bridgehead atoms. The molecular formula is C10H20ClNO. The van der Waals surface area contributed by atoms with E-state index in [0.29, 0.717) is 18.4 Å². The predicted molar refractivity (Wildman–Crippen MR) is 58.2 cm³/mol. The normalized spacial score (nSPS) is 13.8. The number of allylic oxidation sites excluding steroid dienone is 1. The molecule has 0 aromatic rings. The van der Waals surface area contributed by atoms with Crippen molar-refractivity contribution < 1.29 is 5.11 Å². The average Bonchev–Trinajstić information content (AvgIpc) is 2.16. The summed E-state index contributed by atoms with van der Waals surface area (Å²) in [6, 6.07) is 0. The fourth-order valence-electron chi connectivity index (χ4n) is 0.999. The Kier molecular flexibility index (Phi) is 10.00. The van der Waals surface area contributed by atoms with Gasteiger partial charge in [0.15, 0.2) is 0 Å². The summed E-state index contributed by atoms with van der Waals surface area (Å²) in [6.07, 6.45) is 6.17. The van der Waals surface area contributed by atoms with E-state index in [0.717, 1.165) is 25.9 Å². The van der Waals surface area contributed by atoms with Crippen molar-refractivity contribution in [1.29, 1.82) is 0 Å². The maximum absolute atomic E-state index is 8.76. The highest BCUT2D eigenvalue weighted by molar-refractivity contribution is 6.18. The second kappa shape index (κ2) is 10.0. The summed E-state index contributed by atoms with van der Waals surface area (Å²) >= 11 is 5.46. The molecule has 0 aliphatic heterocycles. The van der Waals surface area contributed by atoms with Gasteiger partial charge in [0.2, 0.25) is 0 Å². The number of alkyl halides is 1. The van der Waals surface area contributed by atoms with Crippen molar-refractivity contribution in [2.75, 3.05) is 25.6 Å². The number of rotatable bonds is 8. The molecule has 0 heterocycles. The average molecular weight is 206 g/mol. The van der Waals surface area contributed by atoms with Crippen molar-refractivity contribution >= 4 is 11.6 Å². The van der Waals surface area contributed by atoms with Crippen molar-refractivity contribution in [3.63, 3.8) is 0 Å². The lowest BCUT2D eigenvalue weighted by molar-refractivity contribution is 0.228. The Morgan fingerprint density at radius 2 is 2.23 bits per heavy atom. The summed E-state index contributed by atoms with van der Waals surface area (Å²) < 4.78 is 0. The van der Waals surface area contributed by atoms with Gasteiger partial charge in [-0.25, -0.2) is 0 Å². The van der Waals surface area contributed by atoms with Gasteiger partial charge >= 0.3 is 0 Å². The van der Waals surface area contributed by atoms with Crippen molar-refractivity contribution in [3.05, 3.63) is 12.2 Å². The predicted octanol–water partition coefficient (Wildman–Crippen LogP) is 1.78. The van der Waals surface area contributed by atoms with Crippen LogP contribution in [0, 0.1) is 5.92 Å². The van der Waals surface area contributed by atoms with Crippen LogP contribution in [0.5, 0.6) is 0 Å². The monoisotopic (exact) mass is 205 g/mol. The Morgan fingerprint density at radius 3 is 2.85 bits per heavy atom. The van der Waals surface area contributed by atoms with E-state index in [1.54, 1.807) is 0 Å². The molecule has 0 aromatic heterocycles. The zero-order valence-corrected chi connectivity index (χ0v) is 9.06. The van der Waals surface area contributed by atoms with E-state index >= 15 is 0 Å². The van der Waals surface area contributed by atoms with Gasteiger partial charge < -0.3 is 10.4 Å². The first kappa shape index (κ1) is 12.9. The Labute approximate surface area is 86.0 Å². The van der Waals surface area contributed by atoms with Crippen LogP contribution in [0.3, 0.4) is 0 Å². The lowest BCUT2D eigenvalue weighted by atomic mass is 10.1. The van der Waals surface area contributed by atoms with Gasteiger partial charge in [-0.15, -0.1) is 11.6 Å². The molecule has 0 spiro atoms. The maximum Gasteiger partial charge on any atom is 0.0456 e. The third-order valence-electron chi connectivity index (χ3n) is 1.88. The van der Waals surface area contributed by atoms with Crippen LogP contribution >= 0.6 is 11.6 Å². The minimum atomic E-state index is 0.298. The molecule has 0 aromatic carbocycles. The third-order valence-corrected chi connectivity index (χ3v) is 2.06. The molecule has 0 aliphatic carbocycles. The van der Waals surface area contributed by atoms with Gasteiger partial charge in [0, 0.05) is 19.0 Å². The summed E-state index contributed by atoms with van der Waals surface area (Å²) in [6.45, 7) is 4.26. The molecule has 1 unspecified atom stereocenters. The standard InChI is InChI=1S/C10H20ClNO/c1-10(9-13)5-4-8-12-7-3-2-6-11/h2-3,10,12-13H,4-9H2,1H3/b3-2+. The van der Waals surface area contributed by atoms with E-state index in [9.17, 15) is 0 Å². The van der Waals surface area contributed by atoms with Crippen LogP contribution < -0.4 is 5.32 Å². The lowest BCUT2D eigenvalue weighted by Crippen LogP contribution is -2.16. The number of hydrogen-bond donors (Lipinski definition) is 2. The summed E-state index contributed by atoms with van der Waals surface area (Å²) in [5.74, 6) is 1.02. The van der Waals surface area contributed by atoms with Crippen molar-refractivity contribution in [1.82, 2.24) is 5.32 Å². The fraction of sp³-hybridized carbons (Fsp3) is 0.800. The molecule has 0 amide bonds. The van der Waals surface area contributed by atoms with E-state index in [2.05, 4.69) is 12.2 Å². The molecule has 0 saturated heterocycles. The highest BCUT2D eigenvalue weighted by Crippen LogP contribution is 2.02. The molecule has 0 saturated carbocycles. The lowest BCUT2D eigenvalue weighted by Gasteiger charge is -2.06. The first-order valence-electron chi connectivity index (χ1n) is 4.83. The zero-order valence-electron chi connectivity index (χ0n) is 8.30. The first-order valence-corrected chi connectivity index (χ1v) is 5.37. The molecule has 0 rings (SSSR count). The van der Waals surface area contributed by atoms with E-state index in [1.165, 1.54) is 0 Å². The topological polar surface area (TPSA) is 32.3 Å². The van der Waals surface area contributed by atoms with Gasteiger partial charge in [0.25, 0.3) is 0 Å². The van der Waals surface area contributed by atoms with E-state index < -0.39 is 0 Å². The number of hydrogen-bond acceptors (Lipinski definition) is 2. The molecule has 0 aliphatic rings. The van der Waals surface area contributed by atoms with Crippen LogP contribution in [0.4, 0.5) is 0 Å². The van der Waals surface area contributed by atoms with Gasteiger partial charge in [0.05, 0.1) is 0 Å². The van der Waals surface area contributed by atoms with Gasteiger partial charge in [-0.1, -0.05) is 19.1 Å². The largest absolute Gasteiger partial charge is 0.396 e. The minimum Gasteiger partial charge on any atom is -0.396 e.